The average Bonchev–Trinajstić information content (AvgIpc) is 2.52. The van der Waals surface area contributed by atoms with Crippen molar-refractivity contribution in [2.45, 2.75) is 25.0 Å². The van der Waals surface area contributed by atoms with Crippen molar-refractivity contribution >= 4 is 11.8 Å². The minimum Gasteiger partial charge on any atom is -0.394 e. The van der Waals surface area contributed by atoms with Gasteiger partial charge in [0.05, 0.1) is 18.4 Å². The number of aromatic nitrogens is 2. The Morgan fingerprint density at radius 2 is 1.68 bits per heavy atom. The lowest BCUT2D eigenvalue weighted by Crippen LogP contribution is -2.29. The third kappa shape index (κ3) is 3.70. The molecule has 0 amide bonds. The fourth-order valence-electron chi connectivity index (χ4n) is 2.25. The van der Waals surface area contributed by atoms with Crippen molar-refractivity contribution in [3.63, 3.8) is 0 Å². The van der Waals surface area contributed by atoms with Crippen LogP contribution in [-0.2, 0) is 6.42 Å². The van der Waals surface area contributed by atoms with Crippen molar-refractivity contribution in [3.8, 4) is 11.1 Å². The lowest BCUT2D eigenvalue weighted by atomic mass is 9.99. The summed E-state index contributed by atoms with van der Waals surface area (Å²) in [5.41, 5.74) is 13.7. The van der Waals surface area contributed by atoms with Gasteiger partial charge in [-0.3, -0.25) is 0 Å². The van der Waals surface area contributed by atoms with Gasteiger partial charge in [0, 0.05) is 5.56 Å². The molecule has 0 saturated carbocycles. The van der Waals surface area contributed by atoms with Crippen LogP contribution in [0.4, 0.5) is 11.8 Å². The van der Waals surface area contributed by atoms with E-state index >= 15 is 0 Å². The zero-order chi connectivity index (χ0) is 16.1. The lowest BCUT2D eigenvalue weighted by Gasteiger charge is -2.17. The predicted molar refractivity (Wildman–Crippen MR) is 83.7 cm³/mol. The Bertz CT molecular complexity index is 622. The summed E-state index contributed by atoms with van der Waals surface area (Å²) in [5.74, 6) is 0.329. The van der Waals surface area contributed by atoms with Gasteiger partial charge in [0.15, 0.2) is 0 Å². The highest BCUT2D eigenvalue weighted by molar-refractivity contribution is 5.76. The largest absolute Gasteiger partial charge is 0.394 e. The number of benzene rings is 1. The summed E-state index contributed by atoms with van der Waals surface area (Å²) < 4.78 is 0. The summed E-state index contributed by atoms with van der Waals surface area (Å²) in [5, 5.41) is 28.0. The van der Waals surface area contributed by atoms with E-state index < -0.39 is 18.8 Å². The Kier molecular flexibility index (Phi) is 5.26. The van der Waals surface area contributed by atoms with E-state index in [4.69, 9.17) is 16.6 Å². The number of aryl methyl sites for hydroxylation is 1. The predicted octanol–water partition coefficient (Wildman–Crippen LogP) is -0.0453. The first-order chi connectivity index (χ1) is 10.5. The monoisotopic (exact) mass is 304 g/mol. The molecule has 7 nitrogen and oxygen atoms in total. The van der Waals surface area contributed by atoms with Gasteiger partial charge in [-0.1, -0.05) is 30.3 Å². The first kappa shape index (κ1) is 16.2. The minimum atomic E-state index is -1.18. The van der Waals surface area contributed by atoms with Gasteiger partial charge in [-0.2, -0.15) is 4.98 Å². The molecule has 118 valence electrons. The number of nitrogens with zero attached hydrogens (tertiary/aromatic N) is 2. The van der Waals surface area contributed by atoms with E-state index in [9.17, 15) is 10.2 Å². The maximum Gasteiger partial charge on any atom is 0.222 e. The molecule has 0 fully saturated rings. The van der Waals surface area contributed by atoms with Gasteiger partial charge < -0.3 is 26.8 Å². The van der Waals surface area contributed by atoms with E-state index in [1.807, 2.05) is 30.3 Å². The van der Waals surface area contributed by atoms with Crippen molar-refractivity contribution in [1.29, 1.82) is 0 Å². The van der Waals surface area contributed by atoms with Gasteiger partial charge >= 0.3 is 0 Å². The van der Waals surface area contributed by atoms with E-state index in [2.05, 4.69) is 9.97 Å². The van der Waals surface area contributed by atoms with Gasteiger partial charge in [0.25, 0.3) is 0 Å². The molecule has 1 aromatic carbocycles. The molecule has 1 aromatic heterocycles. The second-order valence-electron chi connectivity index (χ2n) is 5.01. The van der Waals surface area contributed by atoms with Crippen molar-refractivity contribution in [3.05, 3.63) is 36.0 Å². The molecule has 0 aliphatic carbocycles. The minimum absolute atomic E-state index is 0.0596. The first-order valence-corrected chi connectivity index (χ1v) is 6.97. The summed E-state index contributed by atoms with van der Waals surface area (Å²) in [6, 6.07) is 9.40. The second-order valence-corrected chi connectivity index (χ2v) is 5.01. The van der Waals surface area contributed by atoms with Crippen LogP contribution in [0.1, 0.15) is 12.1 Å². The van der Waals surface area contributed by atoms with Crippen LogP contribution in [0.3, 0.4) is 0 Å². The van der Waals surface area contributed by atoms with Gasteiger partial charge in [-0.05, 0) is 18.4 Å². The van der Waals surface area contributed by atoms with E-state index in [1.165, 1.54) is 0 Å². The van der Waals surface area contributed by atoms with Crippen LogP contribution in [0.25, 0.3) is 11.1 Å². The maximum atomic E-state index is 9.76. The maximum absolute atomic E-state index is 9.76. The van der Waals surface area contributed by atoms with Crippen LogP contribution in [0.5, 0.6) is 0 Å². The Labute approximate surface area is 128 Å². The highest BCUT2D eigenvalue weighted by atomic mass is 16.4. The molecule has 22 heavy (non-hydrogen) atoms. The number of anilines is 2. The van der Waals surface area contributed by atoms with Crippen LogP contribution in [0.15, 0.2) is 30.3 Å². The van der Waals surface area contributed by atoms with Gasteiger partial charge in [-0.15, -0.1) is 0 Å². The molecular formula is C15H20N4O3. The number of hydrogen-bond donors (Lipinski definition) is 5. The summed E-state index contributed by atoms with van der Waals surface area (Å²) in [6.45, 7) is -0.499. The standard InChI is InChI=1S/C15H20N4O3/c16-14-13(9-4-2-1-3-5-9)10(18-15(17)19-14)6-7-11(21)12(22)8-20/h1-5,11-12,20-22H,6-8H2,(H4,16,17,18,19)/t11-,12+/m1/s1. The number of aliphatic hydroxyl groups excluding tert-OH is 3. The van der Waals surface area contributed by atoms with Crippen LogP contribution in [0, 0.1) is 0 Å². The van der Waals surface area contributed by atoms with Crippen LogP contribution in [0.2, 0.25) is 0 Å². The molecular weight excluding hydrogens is 284 g/mol. The molecule has 2 atom stereocenters. The molecule has 0 aliphatic heterocycles. The zero-order valence-corrected chi connectivity index (χ0v) is 12.1. The molecule has 0 radical (unpaired) electrons. The van der Waals surface area contributed by atoms with Crippen molar-refractivity contribution in [2.75, 3.05) is 18.1 Å². The highest BCUT2D eigenvalue weighted by Gasteiger charge is 2.18. The van der Waals surface area contributed by atoms with Gasteiger partial charge in [0.2, 0.25) is 5.95 Å². The van der Waals surface area contributed by atoms with Crippen LogP contribution < -0.4 is 11.5 Å². The highest BCUT2D eigenvalue weighted by Crippen LogP contribution is 2.29. The number of nitrogen functional groups attached to an aromatic ring is 2. The second kappa shape index (κ2) is 7.17. The van der Waals surface area contributed by atoms with E-state index in [1.54, 1.807) is 0 Å². The molecule has 2 aromatic rings. The number of hydrogen-bond acceptors (Lipinski definition) is 7. The SMILES string of the molecule is Nc1nc(N)c(-c2ccccc2)c(CC[C@@H](O)[C@@H](O)CO)n1. The van der Waals surface area contributed by atoms with E-state index in [0.29, 0.717) is 17.7 Å². The smallest absolute Gasteiger partial charge is 0.222 e. The third-order valence-electron chi connectivity index (χ3n) is 3.40. The Morgan fingerprint density at radius 1 is 1.00 bits per heavy atom. The summed E-state index contributed by atoms with van der Waals surface area (Å²) in [4.78, 5) is 8.18. The van der Waals surface area contributed by atoms with Crippen molar-refractivity contribution < 1.29 is 15.3 Å². The molecule has 7 heteroatoms. The normalized spacial score (nSPS) is 13.8. The summed E-state index contributed by atoms with van der Waals surface area (Å²) >= 11 is 0. The fourth-order valence-corrected chi connectivity index (χ4v) is 2.25. The Morgan fingerprint density at radius 3 is 2.32 bits per heavy atom. The summed E-state index contributed by atoms with van der Waals surface area (Å²) in [7, 11) is 0. The molecule has 2 rings (SSSR count). The topological polar surface area (TPSA) is 139 Å². The number of rotatable bonds is 6. The van der Waals surface area contributed by atoms with Crippen LogP contribution >= 0.6 is 0 Å². The molecule has 0 saturated heterocycles. The van der Waals surface area contributed by atoms with Crippen molar-refractivity contribution in [1.82, 2.24) is 9.97 Å². The third-order valence-corrected chi connectivity index (χ3v) is 3.40. The Balaban J connectivity index is 2.30. The Hall–Kier alpha value is -2.22. The van der Waals surface area contributed by atoms with Crippen molar-refractivity contribution in [2.24, 2.45) is 0 Å². The molecule has 7 N–H and O–H groups in total. The average molecular weight is 304 g/mol. The molecule has 1 heterocycles. The molecule has 0 spiro atoms. The molecule has 0 unspecified atom stereocenters. The molecule has 0 bridgehead atoms. The number of aliphatic hydroxyl groups is 3. The van der Waals surface area contributed by atoms with Gasteiger partial charge in [0.1, 0.15) is 11.9 Å². The van der Waals surface area contributed by atoms with Crippen LogP contribution in [-0.4, -0.2) is 44.1 Å². The van der Waals surface area contributed by atoms with E-state index in [0.717, 1.165) is 5.56 Å². The zero-order valence-electron chi connectivity index (χ0n) is 12.1. The first-order valence-electron chi connectivity index (χ1n) is 6.97. The lowest BCUT2D eigenvalue weighted by molar-refractivity contribution is -0.0173. The summed E-state index contributed by atoms with van der Waals surface area (Å²) in [6.07, 6.45) is -1.67. The van der Waals surface area contributed by atoms with Gasteiger partial charge in [-0.25, -0.2) is 4.98 Å². The van der Waals surface area contributed by atoms with E-state index in [-0.39, 0.29) is 18.2 Å². The molecule has 0 aliphatic rings. The fraction of sp³-hybridized carbons (Fsp3) is 0.333. The number of nitrogens with two attached hydrogens (primary N) is 2. The quantitative estimate of drug-likeness (QED) is 0.504.